The molecule has 0 aliphatic carbocycles. The molecule has 18 heavy (non-hydrogen) atoms. The van der Waals surface area contributed by atoms with E-state index in [-0.39, 0.29) is 5.78 Å². The standard InChI is InChI=1S/C14H14ClNOS/c1-9-3-4-10(2)11(7-9)16-8-12(17)13-5-6-14(15)18-13/h3-7,16H,8H2,1-2H3. The fourth-order valence-corrected chi connectivity index (χ4v) is 2.63. The zero-order valence-corrected chi connectivity index (χ0v) is 11.9. The third-order valence-electron chi connectivity index (χ3n) is 2.68. The van der Waals surface area contributed by atoms with Crippen LogP contribution in [0.2, 0.25) is 4.34 Å². The molecule has 0 spiro atoms. The van der Waals surface area contributed by atoms with Crippen molar-refractivity contribution < 1.29 is 4.79 Å². The number of benzene rings is 1. The molecule has 0 unspecified atom stereocenters. The molecule has 0 aliphatic rings. The quantitative estimate of drug-likeness (QED) is 0.845. The van der Waals surface area contributed by atoms with Crippen molar-refractivity contribution >= 4 is 34.4 Å². The molecule has 2 rings (SSSR count). The average molecular weight is 280 g/mol. The van der Waals surface area contributed by atoms with Crippen molar-refractivity contribution in [3.63, 3.8) is 0 Å². The molecule has 0 saturated heterocycles. The molecule has 0 amide bonds. The van der Waals surface area contributed by atoms with Crippen LogP contribution in [0.5, 0.6) is 0 Å². The number of nitrogens with one attached hydrogen (secondary N) is 1. The zero-order valence-electron chi connectivity index (χ0n) is 10.3. The van der Waals surface area contributed by atoms with Crippen LogP contribution in [0, 0.1) is 13.8 Å². The Morgan fingerprint density at radius 1 is 1.28 bits per heavy atom. The fourth-order valence-electron chi connectivity index (χ4n) is 1.65. The van der Waals surface area contributed by atoms with Crippen molar-refractivity contribution in [2.45, 2.75) is 13.8 Å². The van der Waals surface area contributed by atoms with E-state index in [1.807, 2.05) is 26.0 Å². The van der Waals surface area contributed by atoms with Crippen LogP contribution in [-0.4, -0.2) is 12.3 Å². The maximum Gasteiger partial charge on any atom is 0.191 e. The van der Waals surface area contributed by atoms with E-state index in [1.165, 1.54) is 16.9 Å². The van der Waals surface area contributed by atoms with Crippen molar-refractivity contribution in [2.75, 3.05) is 11.9 Å². The first-order chi connectivity index (χ1) is 8.56. The Hall–Kier alpha value is -1.32. The molecule has 0 fully saturated rings. The van der Waals surface area contributed by atoms with Gasteiger partial charge in [0, 0.05) is 5.69 Å². The molecule has 1 N–H and O–H groups in total. The summed E-state index contributed by atoms with van der Waals surface area (Å²) in [6.45, 7) is 4.35. The highest BCUT2D eigenvalue weighted by Crippen LogP contribution is 2.22. The minimum absolute atomic E-state index is 0.0628. The molecular formula is C14H14ClNOS. The number of Topliss-reactive ketones (excluding diaryl/α,β-unsaturated/α-hetero) is 1. The lowest BCUT2D eigenvalue weighted by Gasteiger charge is -2.09. The van der Waals surface area contributed by atoms with E-state index in [1.54, 1.807) is 12.1 Å². The molecule has 1 aromatic carbocycles. The molecule has 1 aromatic heterocycles. The van der Waals surface area contributed by atoms with Gasteiger partial charge in [0.25, 0.3) is 0 Å². The monoisotopic (exact) mass is 279 g/mol. The van der Waals surface area contributed by atoms with Gasteiger partial charge < -0.3 is 5.32 Å². The first kappa shape index (κ1) is 13.1. The van der Waals surface area contributed by atoms with E-state index in [4.69, 9.17) is 11.6 Å². The Bertz CT molecular complexity index is 577. The Morgan fingerprint density at radius 2 is 2.06 bits per heavy atom. The highest BCUT2D eigenvalue weighted by Gasteiger charge is 2.09. The van der Waals surface area contributed by atoms with Gasteiger partial charge in [-0.25, -0.2) is 0 Å². The van der Waals surface area contributed by atoms with Gasteiger partial charge in [-0.2, -0.15) is 0 Å². The van der Waals surface area contributed by atoms with E-state index in [9.17, 15) is 4.79 Å². The van der Waals surface area contributed by atoms with Crippen LogP contribution in [0.25, 0.3) is 0 Å². The number of thiophene rings is 1. The predicted molar refractivity (Wildman–Crippen MR) is 78.1 cm³/mol. The second-order valence-corrected chi connectivity index (χ2v) is 5.91. The van der Waals surface area contributed by atoms with Crippen LogP contribution < -0.4 is 5.32 Å². The number of halogens is 1. The lowest BCUT2D eigenvalue weighted by molar-refractivity contribution is 0.101. The normalized spacial score (nSPS) is 10.4. The first-order valence-corrected chi connectivity index (χ1v) is 6.85. The van der Waals surface area contributed by atoms with Gasteiger partial charge in [0.2, 0.25) is 0 Å². The second-order valence-electron chi connectivity index (χ2n) is 4.20. The minimum Gasteiger partial charge on any atom is -0.377 e. The van der Waals surface area contributed by atoms with E-state index >= 15 is 0 Å². The van der Waals surface area contributed by atoms with Crippen LogP contribution in [0.1, 0.15) is 20.8 Å². The van der Waals surface area contributed by atoms with Gasteiger partial charge in [-0.15, -0.1) is 11.3 Å². The second kappa shape index (κ2) is 5.55. The van der Waals surface area contributed by atoms with Crippen LogP contribution in [-0.2, 0) is 0 Å². The Morgan fingerprint density at radius 3 is 2.72 bits per heavy atom. The third kappa shape index (κ3) is 3.12. The number of anilines is 1. The van der Waals surface area contributed by atoms with Gasteiger partial charge in [-0.3, -0.25) is 4.79 Å². The molecule has 0 atom stereocenters. The number of hydrogen-bond acceptors (Lipinski definition) is 3. The highest BCUT2D eigenvalue weighted by atomic mass is 35.5. The lowest BCUT2D eigenvalue weighted by Crippen LogP contribution is -2.13. The largest absolute Gasteiger partial charge is 0.377 e. The van der Waals surface area contributed by atoms with Gasteiger partial charge in [0.05, 0.1) is 15.8 Å². The summed E-state index contributed by atoms with van der Waals surface area (Å²) in [5.41, 5.74) is 3.32. The van der Waals surface area contributed by atoms with Crippen molar-refractivity contribution in [1.82, 2.24) is 0 Å². The summed E-state index contributed by atoms with van der Waals surface area (Å²) in [4.78, 5) is 12.6. The molecule has 0 radical (unpaired) electrons. The van der Waals surface area contributed by atoms with E-state index in [0.717, 1.165) is 11.3 Å². The Labute approximate surface area is 116 Å². The SMILES string of the molecule is Cc1ccc(C)c(NCC(=O)c2ccc(Cl)s2)c1. The molecule has 4 heteroatoms. The topological polar surface area (TPSA) is 29.1 Å². The molecule has 0 aliphatic heterocycles. The maximum absolute atomic E-state index is 11.9. The first-order valence-electron chi connectivity index (χ1n) is 5.66. The minimum atomic E-state index is 0.0628. The number of carbonyl (C=O) groups is 1. The molecule has 2 aromatic rings. The molecule has 0 bridgehead atoms. The summed E-state index contributed by atoms with van der Waals surface area (Å²) in [6.07, 6.45) is 0. The van der Waals surface area contributed by atoms with Crippen molar-refractivity contribution in [1.29, 1.82) is 0 Å². The number of ketones is 1. The summed E-state index contributed by atoms with van der Waals surface area (Å²) in [7, 11) is 0. The molecule has 0 saturated carbocycles. The Kier molecular flexibility index (Phi) is 4.04. The van der Waals surface area contributed by atoms with E-state index in [0.29, 0.717) is 15.8 Å². The van der Waals surface area contributed by atoms with Crippen LogP contribution in [0.4, 0.5) is 5.69 Å². The molecular weight excluding hydrogens is 266 g/mol. The summed E-state index contributed by atoms with van der Waals surface area (Å²) in [5, 5.41) is 3.18. The van der Waals surface area contributed by atoms with Gasteiger partial charge >= 0.3 is 0 Å². The predicted octanol–water partition coefficient (Wildman–Crippen LogP) is 4.31. The van der Waals surface area contributed by atoms with E-state index in [2.05, 4.69) is 11.4 Å². The summed E-state index contributed by atoms with van der Waals surface area (Å²) in [5.74, 6) is 0.0628. The van der Waals surface area contributed by atoms with Crippen LogP contribution in [0.15, 0.2) is 30.3 Å². The molecule has 1 heterocycles. The smallest absolute Gasteiger partial charge is 0.191 e. The number of hydrogen-bond donors (Lipinski definition) is 1. The van der Waals surface area contributed by atoms with Crippen molar-refractivity contribution in [3.8, 4) is 0 Å². The third-order valence-corrected chi connectivity index (χ3v) is 3.95. The fraction of sp³-hybridized carbons (Fsp3) is 0.214. The van der Waals surface area contributed by atoms with Crippen molar-refractivity contribution in [3.05, 3.63) is 50.7 Å². The van der Waals surface area contributed by atoms with Gasteiger partial charge in [0.15, 0.2) is 5.78 Å². The maximum atomic E-state index is 11.9. The number of carbonyl (C=O) groups excluding carboxylic acids is 1. The molecule has 94 valence electrons. The molecule has 2 nitrogen and oxygen atoms in total. The number of aryl methyl sites for hydroxylation is 2. The van der Waals surface area contributed by atoms with Crippen molar-refractivity contribution in [2.24, 2.45) is 0 Å². The van der Waals surface area contributed by atoms with Crippen LogP contribution in [0.3, 0.4) is 0 Å². The van der Waals surface area contributed by atoms with Gasteiger partial charge in [0.1, 0.15) is 0 Å². The Balaban J connectivity index is 2.03. The summed E-state index contributed by atoms with van der Waals surface area (Å²) in [6, 6.07) is 9.66. The average Bonchev–Trinajstić information content (AvgIpc) is 2.77. The summed E-state index contributed by atoms with van der Waals surface area (Å²) >= 11 is 7.13. The van der Waals surface area contributed by atoms with Gasteiger partial charge in [-0.05, 0) is 43.2 Å². The highest BCUT2D eigenvalue weighted by molar-refractivity contribution is 7.18. The summed E-state index contributed by atoms with van der Waals surface area (Å²) < 4.78 is 0.644. The van der Waals surface area contributed by atoms with Gasteiger partial charge in [-0.1, -0.05) is 23.7 Å². The lowest BCUT2D eigenvalue weighted by atomic mass is 10.1. The zero-order chi connectivity index (χ0) is 13.1. The van der Waals surface area contributed by atoms with E-state index < -0.39 is 0 Å². The van der Waals surface area contributed by atoms with Crippen LogP contribution >= 0.6 is 22.9 Å². The number of rotatable bonds is 4.